The Morgan fingerprint density at radius 1 is 1.26 bits per heavy atom. The van der Waals surface area contributed by atoms with Crippen LogP contribution in [0.15, 0.2) is 22.9 Å². The van der Waals surface area contributed by atoms with Crippen LogP contribution >= 0.6 is 15.9 Å². The highest BCUT2D eigenvalue weighted by Gasteiger charge is 2.26. The molecule has 1 aromatic rings. The maximum Gasteiger partial charge on any atom is 0.306 e. The van der Waals surface area contributed by atoms with Crippen LogP contribution < -0.4 is 5.32 Å². The molecule has 102 valence electrons. The number of carbonyl (C=O) groups excluding carboxylic acids is 1. The van der Waals surface area contributed by atoms with Crippen molar-refractivity contribution in [1.29, 1.82) is 0 Å². The van der Waals surface area contributed by atoms with Gasteiger partial charge in [0.05, 0.1) is 11.5 Å². The van der Waals surface area contributed by atoms with Crippen molar-refractivity contribution in [2.75, 3.05) is 0 Å². The van der Waals surface area contributed by atoms with Crippen LogP contribution in [0.25, 0.3) is 0 Å². The molecule has 5 nitrogen and oxygen atoms in total. The van der Waals surface area contributed by atoms with Crippen molar-refractivity contribution >= 4 is 27.8 Å². The van der Waals surface area contributed by atoms with E-state index in [1.165, 1.54) is 6.20 Å². The first-order valence-corrected chi connectivity index (χ1v) is 7.01. The highest BCUT2D eigenvalue weighted by molar-refractivity contribution is 9.10. The topological polar surface area (TPSA) is 79.3 Å². The zero-order valence-corrected chi connectivity index (χ0v) is 11.9. The highest BCUT2D eigenvalue weighted by Crippen LogP contribution is 2.24. The minimum atomic E-state index is -0.734. The van der Waals surface area contributed by atoms with Gasteiger partial charge in [-0.15, -0.1) is 0 Å². The van der Waals surface area contributed by atoms with Gasteiger partial charge in [-0.3, -0.25) is 9.59 Å². The molecular weight excluding hydrogens is 312 g/mol. The fourth-order valence-electron chi connectivity index (χ4n) is 2.26. The molecule has 1 amide bonds. The van der Waals surface area contributed by atoms with Gasteiger partial charge < -0.3 is 10.4 Å². The van der Waals surface area contributed by atoms with Gasteiger partial charge in [0.1, 0.15) is 4.60 Å². The Morgan fingerprint density at radius 2 is 1.95 bits per heavy atom. The molecule has 0 spiro atoms. The third-order valence-corrected chi connectivity index (χ3v) is 3.87. The Hall–Kier alpha value is -1.43. The standard InChI is InChI=1S/C13H15BrN2O3/c14-11-6-3-9(7-15-11)12(17)16-10-4-1-8(2-5-10)13(18)19/h3,6-8,10H,1-2,4-5H2,(H,16,17)(H,18,19). The molecular formula is C13H15BrN2O3. The molecule has 2 N–H and O–H groups in total. The molecule has 0 unspecified atom stereocenters. The Balaban J connectivity index is 1.87. The fraction of sp³-hybridized carbons (Fsp3) is 0.462. The van der Waals surface area contributed by atoms with Crippen molar-refractivity contribution in [3.63, 3.8) is 0 Å². The molecule has 1 heterocycles. The number of hydrogen-bond acceptors (Lipinski definition) is 3. The van der Waals surface area contributed by atoms with Gasteiger partial charge in [-0.1, -0.05) is 0 Å². The second-order valence-electron chi connectivity index (χ2n) is 4.73. The Labute approximate surface area is 119 Å². The van der Waals surface area contributed by atoms with E-state index < -0.39 is 5.97 Å². The maximum absolute atomic E-state index is 12.0. The molecule has 0 radical (unpaired) electrons. The van der Waals surface area contributed by atoms with Crippen molar-refractivity contribution in [2.24, 2.45) is 5.92 Å². The van der Waals surface area contributed by atoms with E-state index in [1.54, 1.807) is 12.1 Å². The van der Waals surface area contributed by atoms with Crippen LogP contribution in [-0.4, -0.2) is 28.0 Å². The number of rotatable bonds is 3. The number of hydrogen-bond donors (Lipinski definition) is 2. The van der Waals surface area contributed by atoms with Crippen LogP contribution in [0.3, 0.4) is 0 Å². The number of carboxylic acid groups (broad SMARTS) is 1. The number of carbonyl (C=O) groups is 2. The summed E-state index contributed by atoms with van der Waals surface area (Å²) in [5.41, 5.74) is 0.517. The lowest BCUT2D eigenvalue weighted by Gasteiger charge is -2.26. The summed E-state index contributed by atoms with van der Waals surface area (Å²) in [5.74, 6) is -1.15. The zero-order chi connectivity index (χ0) is 13.8. The molecule has 1 saturated carbocycles. The van der Waals surface area contributed by atoms with E-state index in [2.05, 4.69) is 26.2 Å². The Morgan fingerprint density at radius 3 is 2.47 bits per heavy atom. The molecule has 1 fully saturated rings. The third-order valence-electron chi connectivity index (χ3n) is 3.40. The number of aliphatic carboxylic acids is 1. The monoisotopic (exact) mass is 326 g/mol. The Kier molecular flexibility index (Phi) is 4.52. The van der Waals surface area contributed by atoms with E-state index in [9.17, 15) is 9.59 Å². The van der Waals surface area contributed by atoms with Crippen molar-refractivity contribution < 1.29 is 14.7 Å². The van der Waals surface area contributed by atoms with E-state index in [0.717, 1.165) is 0 Å². The SMILES string of the molecule is O=C(NC1CCC(C(=O)O)CC1)c1ccc(Br)nc1. The molecule has 0 bridgehead atoms. The second kappa shape index (κ2) is 6.14. The first-order valence-electron chi connectivity index (χ1n) is 6.21. The van der Waals surface area contributed by atoms with E-state index in [4.69, 9.17) is 5.11 Å². The summed E-state index contributed by atoms with van der Waals surface area (Å²) in [7, 11) is 0. The predicted molar refractivity (Wildman–Crippen MR) is 72.8 cm³/mol. The van der Waals surface area contributed by atoms with Gasteiger partial charge >= 0.3 is 5.97 Å². The number of pyridine rings is 1. The Bertz CT molecular complexity index is 467. The number of aromatic nitrogens is 1. The molecule has 0 aliphatic heterocycles. The van der Waals surface area contributed by atoms with Gasteiger partial charge in [0.25, 0.3) is 5.91 Å². The van der Waals surface area contributed by atoms with Crippen molar-refractivity contribution in [1.82, 2.24) is 10.3 Å². The summed E-state index contributed by atoms with van der Waals surface area (Å²) in [6, 6.07) is 3.48. The third kappa shape index (κ3) is 3.76. The highest BCUT2D eigenvalue weighted by atomic mass is 79.9. The number of halogens is 1. The van der Waals surface area contributed by atoms with Crippen molar-refractivity contribution in [3.05, 3.63) is 28.5 Å². The lowest BCUT2D eigenvalue weighted by Crippen LogP contribution is -2.38. The van der Waals surface area contributed by atoms with Gasteiger partial charge in [0, 0.05) is 12.2 Å². The fourth-order valence-corrected chi connectivity index (χ4v) is 2.50. The predicted octanol–water partition coefficient (Wildman–Crippen LogP) is 2.22. The maximum atomic E-state index is 12.0. The summed E-state index contributed by atoms with van der Waals surface area (Å²) < 4.78 is 0.686. The van der Waals surface area contributed by atoms with Crippen LogP contribution in [0, 0.1) is 5.92 Å². The van der Waals surface area contributed by atoms with Crippen molar-refractivity contribution in [2.45, 2.75) is 31.7 Å². The van der Waals surface area contributed by atoms with Crippen LogP contribution in [-0.2, 0) is 4.79 Å². The normalized spacial score (nSPS) is 22.8. The molecule has 6 heteroatoms. The first-order chi connectivity index (χ1) is 9.06. The molecule has 0 atom stereocenters. The summed E-state index contributed by atoms with van der Waals surface area (Å²) in [4.78, 5) is 26.8. The smallest absolute Gasteiger partial charge is 0.306 e. The summed E-state index contributed by atoms with van der Waals surface area (Å²) in [6.45, 7) is 0. The molecule has 0 aromatic carbocycles. The number of nitrogens with one attached hydrogen (secondary N) is 1. The summed E-state index contributed by atoms with van der Waals surface area (Å²) in [5, 5.41) is 11.8. The van der Waals surface area contributed by atoms with Crippen LogP contribution in [0.5, 0.6) is 0 Å². The lowest BCUT2D eigenvalue weighted by atomic mass is 9.86. The van der Waals surface area contributed by atoms with Gasteiger partial charge in [-0.2, -0.15) is 0 Å². The molecule has 19 heavy (non-hydrogen) atoms. The summed E-state index contributed by atoms with van der Waals surface area (Å²) in [6.07, 6.45) is 4.19. The van der Waals surface area contributed by atoms with Gasteiger partial charge in [-0.25, -0.2) is 4.98 Å². The van der Waals surface area contributed by atoms with E-state index in [1.807, 2.05) is 0 Å². The molecule has 0 saturated heterocycles. The number of amides is 1. The van der Waals surface area contributed by atoms with Crippen LogP contribution in [0.1, 0.15) is 36.0 Å². The van der Waals surface area contributed by atoms with Crippen LogP contribution in [0.4, 0.5) is 0 Å². The van der Waals surface area contributed by atoms with Gasteiger partial charge in [-0.05, 0) is 53.7 Å². The number of carboxylic acids is 1. The first kappa shape index (κ1) is 14.0. The second-order valence-corrected chi connectivity index (χ2v) is 5.54. The minimum absolute atomic E-state index is 0.0618. The van der Waals surface area contributed by atoms with E-state index >= 15 is 0 Å². The molecule has 1 aromatic heterocycles. The number of nitrogens with zero attached hydrogens (tertiary/aromatic N) is 1. The van der Waals surface area contributed by atoms with E-state index in [-0.39, 0.29) is 17.9 Å². The zero-order valence-electron chi connectivity index (χ0n) is 10.3. The average molecular weight is 327 g/mol. The largest absolute Gasteiger partial charge is 0.481 e. The molecule has 1 aliphatic rings. The van der Waals surface area contributed by atoms with Gasteiger partial charge in [0.15, 0.2) is 0 Å². The van der Waals surface area contributed by atoms with Crippen molar-refractivity contribution in [3.8, 4) is 0 Å². The summed E-state index contributed by atoms with van der Waals surface area (Å²) >= 11 is 3.21. The quantitative estimate of drug-likeness (QED) is 0.835. The lowest BCUT2D eigenvalue weighted by molar-refractivity contribution is -0.142. The molecule has 1 aliphatic carbocycles. The minimum Gasteiger partial charge on any atom is -0.481 e. The molecule has 2 rings (SSSR count). The van der Waals surface area contributed by atoms with Crippen LogP contribution in [0.2, 0.25) is 0 Å². The van der Waals surface area contributed by atoms with E-state index in [0.29, 0.717) is 35.8 Å². The van der Waals surface area contributed by atoms with Gasteiger partial charge in [0.2, 0.25) is 0 Å². The average Bonchev–Trinajstić information content (AvgIpc) is 2.40.